The number of hydrogen-bond acceptors (Lipinski definition) is 4. The second-order valence-corrected chi connectivity index (χ2v) is 5.81. The third-order valence-electron chi connectivity index (χ3n) is 4.15. The van der Waals surface area contributed by atoms with Crippen LogP contribution >= 0.6 is 0 Å². The van der Waals surface area contributed by atoms with E-state index < -0.39 is 0 Å². The molecule has 1 fully saturated rings. The van der Waals surface area contributed by atoms with Crippen LogP contribution in [0.5, 0.6) is 0 Å². The van der Waals surface area contributed by atoms with E-state index in [4.69, 9.17) is 10.2 Å². The molecule has 0 aliphatic heterocycles. The van der Waals surface area contributed by atoms with E-state index in [0.29, 0.717) is 25.2 Å². The summed E-state index contributed by atoms with van der Waals surface area (Å²) in [5.41, 5.74) is 5.92. The van der Waals surface area contributed by atoms with Crippen LogP contribution in [-0.2, 0) is 11.3 Å². The minimum absolute atomic E-state index is 0.124. The molecule has 1 aliphatic rings. The van der Waals surface area contributed by atoms with Crippen molar-refractivity contribution < 1.29 is 9.21 Å². The number of furan rings is 1. The first-order chi connectivity index (χ1) is 9.56. The average Bonchev–Trinajstić information content (AvgIpc) is 2.92. The summed E-state index contributed by atoms with van der Waals surface area (Å²) in [4.78, 5) is 16.1. The van der Waals surface area contributed by atoms with Gasteiger partial charge < -0.3 is 15.1 Å². The third kappa shape index (κ3) is 4.08. The SMILES string of the molecule is CN(Cc1ccco1)C(=O)CN(C)C1CCC(N)CC1. The van der Waals surface area contributed by atoms with E-state index in [1.165, 1.54) is 0 Å². The molecule has 1 aromatic rings. The molecule has 0 spiro atoms. The maximum Gasteiger partial charge on any atom is 0.236 e. The van der Waals surface area contributed by atoms with Gasteiger partial charge in [-0.3, -0.25) is 9.69 Å². The first-order valence-electron chi connectivity index (χ1n) is 7.28. The van der Waals surface area contributed by atoms with Gasteiger partial charge in [-0.1, -0.05) is 0 Å². The lowest BCUT2D eigenvalue weighted by Crippen LogP contribution is -2.44. The summed E-state index contributed by atoms with van der Waals surface area (Å²) < 4.78 is 5.27. The van der Waals surface area contributed by atoms with Gasteiger partial charge in [0.2, 0.25) is 5.91 Å². The van der Waals surface area contributed by atoms with E-state index in [1.54, 1.807) is 11.2 Å². The molecule has 0 saturated heterocycles. The molecule has 0 unspecified atom stereocenters. The summed E-state index contributed by atoms with van der Waals surface area (Å²) in [6.07, 6.45) is 5.93. The number of likely N-dealkylation sites (N-methyl/N-ethyl adjacent to an activating group) is 2. The summed E-state index contributed by atoms with van der Waals surface area (Å²) in [5.74, 6) is 0.936. The van der Waals surface area contributed by atoms with Gasteiger partial charge in [0.15, 0.2) is 0 Å². The first kappa shape index (κ1) is 15.1. The summed E-state index contributed by atoms with van der Waals surface area (Å²) in [6, 6.07) is 4.55. The Morgan fingerprint density at radius 2 is 2.05 bits per heavy atom. The minimum Gasteiger partial charge on any atom is -0.467 e. The van der Waals surface area contributed by atoms with E-state index in [-0.39, 0.29) is 5.91 Å². The highest BCUT2D eigenvalue weighted by atomic mass is 16.3. The van der Waals surface area contributed by atoms with E-state index in [1.807, 2.05) is 26.2 Å². The van der Waals surface area contributed by atoms with Gasteiger partial charge in [0.25, 0.3) is 0 Å². The van der Waals surface area contributed by atoms with Crippen LogP contribution in [0.2, 0.25) is 0 Å². The Labute approximate surface area is 120 Å². The topological polar surface area (TPSA) is 62.7 Å². The largest absolute Gasteiger partial charge is 0.467 e. The van der Waals surface area contributed by atoms with E-state index in [9.17, 15) is 4.79 Å². The summed E-state index contributed by atoms with van der Waals surface area (Å²) in [5, 5.41) is 0. The van der Waals surface area contributed by atoms with Crippen LogP contribution in [0.4, 0.5) is 0 Å². The molecular formula is C15H25N3O2. The number of hydrogen-bond donors (Lipinski definition) is 1. The monoisotopic (exact) mass is 279 g/mol. The van der Waals surface area contributed by atoms with Crippen molar-refractivity contribution >= 4 is 5.91 Å². The van der Waals surface area contributed by atoms with Gasteiger partial charge in [-0.25, -0.2) is 0 Å². The molecule has 1 aliphatic carbocycles. The molecule has 112 valence electrons. The number of carbonyl (C=O) groups is 1. The number of nitrogens with zero attached hydrogens (tertiary/aromatic N) is 2. The maximum atomic E-state index is 12.2. The highest BCUT2D eigenvalue weighted by Crippen LogP contribution is 2.21. The quantitative estimate of drug-likeness (QED) is 0.886. The van der Waals surface area contributed by atoms with Crippen LogP contribution in [0.3, 0.4) is 0 Å². The Hall–Kier alpha value is -1.33. The van der Waals surface area contributed by atoms with Gasteiger partial charge >= 0.3 is 0 Å². The molecule has 1 amide bonds. The molecule has 0 atom stereocenters. The molecule has 0 radical (unpaired) electrons. The molecular weight excluding hydrogens is 254 g/mol. The second-order valence-electron chi connectivity index (χ2n) is 5.81. The van der Waals surface area contributed by atoms with Crippen molar-refractivity contribution in [1.82, 2.24) is 9.80 Å². The molecule has 1 aromatic heterocycles. The Bertz CT molecular complexity index is 411. The number of nitrogens with two attached hydrogens (primary N) is 1. The molecule has 20 heavy (non-hydrogen) atoms. The Morgan fingerprint density at radius 3 is 2.65 bits per heavy atom. The third-order valence-corrected chi connectivity index (χ3v) is 4.15. The summed E-state index contributed by atoms with van der Waals surface area (Å²) in [7, 11) is 3.84. The van der Waals surface area contributed by atoms with Gasteiger partial charge in [0, 0.05) is 19.1 Å². The van der Waals surface area contributed by atoms with Gasteiger partial charge in [-0.15, -0.1) is 0 Å². The van der Waals surface area contributed by atoms with Crippen molar-refractivity contribution in [2.45, 2.75) is 44.3 Å². The molecule has 5 heteroatoms. The number of carbonyl (C=O) groups excluding carboxylic acids is 1. The lowest BCUT2D eigenvalue weighted by atomic mass is 9.91. The van der Waals surface area contributed by atoms with E-state index in [2.05, 4.69) is 4.90 Å². The normalized spacial score (nSPS) is 23.0. The van der Waals surface area contributed by atoms with Crippen molar-refractivity contribution in [3.05, 3.63) is 24.2 Å². The van der Waals surface area contributed by atoms with Gasteiger partial charge in [-0.05, 0) is 44.9 Å². The fraction of sp³-hybridized carbons (Fsp3) is 0.667. The van der Waals surface area contributed by atoms with Gasteiger partial charge in [0.05, 0.1) is 19.4 Å². The maximum absolute atomic E-state index is 12.2. The van der Waals surface area contributed by atoms with Crippen molar-refractivity contribution in [3.63, 3.8) is 0 Å². The van der Waals surface area contributed by atoms with Crippen molar-refractivity contribution in [2.75, 3.05) is 20.6 Å². The minimum atomic E-state index is 0.124. The molecule has 0 bridgehead atoms. The van der Waals surface area contributed by atoms with Crippen LogP contribution in [0.15, 0.2) is 22.8 Å². The summed E-state index contributed by atoms with van der Waals surface area (Å²) in [6.45, 7) is 0.978. The zero-order valence-electron chi connectivity index (χ0n) is 12.4. The van der Waals surface area contributed by atoms with Crippen LogP contribution in [0, 0.1) is 0 Å². The molecule has 5 nitrogen and oxygen atoms in total. The average molecular weight is 279 g/mol. The fourth-order valence-electron chi connectivity index (χ4n) is 2.73. The Balaban J connectivity index is 1.78. The predicted molar refractivity (Wildman–Crippen MR) is 78.0 cm³/mol. The van der Waals surface area contributed by atoms with E-state index >= 15 is 0 Å². The lowest BCUT2D eigenvalue weighted by molar-refractivity contribution is -0.132. The van der Waals surface area contributed by atoms with Crippen LogP contribution in [0.25, 0.3) is 0 Å². The number of amides is 1. The summed E-state index contributed by atoms with van der Waals surface area (Å²) >= 11 is 0. The van der Waals surface area contributed by atoms with Gasteiger partial charge in [0.1, 0.15) is 5.76 Å². The van der Waals surface area contributed by atoms with Crippen molar-refractivity contribution in [1.29, 1.82) is 0 Å². The lowest BCUT2D eigenvalue weighted by Gasteiger charge is -2.33. The van der Waals surface area contributed by atoms with Crippen molar-refractivity contribution in [2.24, 2.45) is 5.73 Å². The fourth-order valence-corrected chi connectivity index (χ4v) is 2.73. The Morgan fingerprint density at radius 1 is 1.35 bits per heavy atom. The predicted octanol–water partition coefficient (Wildman–Crippen LogP) is 1.44. The van der Waals surface area contributed by atoms with E-state index in [0.717, 1.165) is 31.4 Å². The van der Waals surface area contributed by atoms with Crippen LogP contribution in [0.1, 0.15) is 31.4 Å². The zero-order valence-corrected chi connectivity index (χ0v) is 12.4. The standard InChI is InChI=1S/C15H25N3O2/c1-17(13-7-5-12(16)6-8-13)11-15(19)18(2)10-14-4-3-9-20-14/h3-4,9,12-13H,5-8,10-11,16H2,1-2H3. The highest BCUT2D eigenvalue weighted by Gasteiger charge is 2.24. The van der Waals surface area contributed by atoms with Crippen LogP contribution < -0.4 is 5.73 Å². The molecule has 1 saturated carbocycles. The van der Waals surface area contributed by atoms with Crippen molar-refractivity contribution in [3.8, 4) is 0 Å². The molecule has 2 rings (SSSR count). The Kier molecular flexibility index (Phi) is 5.20. The molecule has 1 heterocycles. The number of rotatable bonds is 5. The van der Waals surface area contributed by atoms with Gasteiger partial charge in [-0.2, -0.15) is 0 Å². The molecule has 2 N–H and O–H groups in total. The smallest absolute Gasteiger partial charge is 0.236 e. The first-order valence-corrected chi connectivity index (χ1v) is 7.28. The van der Waals surface area contributed by atoms with Crippen LogP contribution in [-0.4, -0.2) is 48.4 Å². The second kappa shape index (κ2) is 6.90. The highest BCUT2D eigenvalue weighted by molar-refractivity contribution is 5.77. The molecule has 0 aromatic carbocycles. The zero-order chi connectivity index (χ0) is 14.5.